The second kappa shape index (κ2) is 5.10. The van der Waals surface area contributed by atoms with Crippen LogP contribution in [0.1, 0.15) is 33.6 Å². The molecule has 1 heterocycles. The van der Waals surface area contributed by atoms with Crippen molar-refractivity contribution >= 4 is 0 Å². The number of nitrogens with one attached hydrogen (secondary N) is 1. The lowest BCUT2D eigenvalue weighted by atomic mass is 9.92. The number of hydrogen-bond acceptors (Lipinski definition) is 3. The smallest absolute Gasteiger partial charge is 0.0766 e. The molecule has 2 unspecified atom stereocenters. The van der Waals surface area contributed by atoms with Crippen molar-refractivity contribution in [1.29, 1.82) is 0 Å². The van der Waals surface area contributed by atoms with E-state index in [0.717, 1.165) is 26.1 Å². The average Bonchev–Trinajstić information content (AvgIpc) is 2.16. The van der Waals surface area contributed by atoms with E-state index in [1.165, 1.54) is 0 Å². The molecule has 0 bridgehead atoms. The molecule has 0 radical (unpaired) electrons. The van der Waals surface area contributed by atoms with Crippen molar-refractivity contribution in [3.63, 3.8) is 0 Å². The lowest BCUT2D eigenvalue weighted by Gasteiger charge is -2.31. The molecule has 0 saturated carbocycles. The van der Waals surface area contributed by atoms with E-state index in [9.17, 15) is 5.11 Å². The van der Waals surface area contributed by atoms with E-state index in [1.807, 2.05) is 20.8 Å². The van der Waals surface area contributed by atoms with Crippen molar-refractivity contribution in [2.75, 3.05) is 19.8 Å². The molecule has 1 saturated heterocycles. The number of ether oxygens (including phenoxy) is 1. The Morgan fingerprint density at radius 1 is 1.57 bits per heavy atom. The summed E-state index contributed by atoms with van der Waals surface area (Å²) in [5.74, 6) is 0.277. The van der Waals surface area contributed by atoms with Crippen LogP contribution in [0.5, 0.6) is 0 Å². The molecule has 1 aliphatic rings. The zero-order chi connectivity index (χ0) is 10.6. The molecule has 0 amide bonds. The van der Waals surface area contributed by atoms with Crippen LogP contribution in [-0.4, -0.2) is 36.5 Å². The summed E-state index contributed by atoms with van der Waals surface area (Å²) in [5.41, 5.74) is -0.614. The summed E-state index contributed by atoms with van der Waals surface area (Å²) >= 11 is 0. The molecule has 2 N–H and O–H groups in total. The molecule has 1 rings (SSSR count). The monoisotopic (exact) mass is 201 g/mol. The second-order valence-electron chi connectivity index (χ2n) is 4.81. The van der Waals surface area contributed by atoms with Crippen molar-refractivity contribution in [3.05, 3.63) is 0 Å². The molecule has 2 atom stereocenters. The Morgan fingerprint density at radius 2 is 2.29 bits per heavy atom. The van der Waals surface area contributed by atoms with Gasteiger partial charge in [-0.3, -0.25) is 0 Å². The molecule has 0 spiro atoms. The Bertz CT molecular complexity index is 163. The van der Waals surface area contributed by atoms with Crippen molar-refractivity contribution in [2.45, 2.75) is 45.3 Å². The van der Waals surface area contributed by atoms with Gasteiger partial charge in [-0.25, -0.2) is 0 Å². The van der Waals surface area contributed by atoms with Crippen LogP contribution in [0.3, 0.4) is 0 Å². The molecule has 0 aromatic rings. The van der Waals surface area contributed by atoms with Gasteiger partial charge in [0.05, 0.1) is 12.2 Å². The zero-order valence-electron chi connectivity index (χ0n) is 9.55. The zero-order valence-corrected chi connectivity index (χ0v) is 9.55. The van der Waals surface area contributed by atoms with Crippen LogP contribution < -0.4 is 5.32 Å². The highest BCUT2D eigenvalue weighted by Gasteiger charge is 2.26. The quantitative estimate of drug-likeness (QED) is 0.717. The van der Waals surface area contributed by atoms with E-state index >= 15 is 0 Å². The summed E-state index contributed by atoms with van der Waals surface area (Å²) in [6.07, 6.45) is 2.29. The Labute approximate surface area is 86.8 Å². The maximum absolute atomic E-state index is 10.0. The maximum Gasteiger partial charge on any atom is 0.0766 e. The summed E-state index contributed by atoms with van der Waals surface area (Å²) in [5, 5.41) is 13.4. The minimum Gasteiger partial charge on any atom is -0.389 e. The Hall–Kier alpha value is -0.120. The third-order valence-corrected chi connectivity index (χ3v) is 3.15. The van der Waals surface area contributed by atoms with Crippen LogP contribution in [0.15, 0.2) is 0 Å². The molecule has 0 aromatic heterocycles. The van der Waals surface area contributed by atoms with Gasteiger partial charge in [0.1, 0.15) is 0 Å². The topological polar surface area (TPSA) is 41.5 Å². The lowest BCUT2D eigenvalue weighted by molar-refractivity contribution is 0.00222. The predicted octanol–water partition coefficient (Wildman–Crippen LogP) is 1.16. The summed E-state index contributed by atoms with van der Waals surface area (Å²) in [6.45, 7) is 8.29. The lowest BCUT2D eigenvalue weighted by Crippen LogP contribution is -2.48. The Balaban J connectivity index is 2.24. The average molecular weight is 201 g/mol. The largest absolute Gasteiger partial charge is 0.389 e. The Kier molecular flexibility index (Phi) is 4.35. The van der Waals surface area contributed by atoms with Crippen LogP contribution in [0.25, 0.3) is 0 Å². The first-order valence-corrected chi connectivity index (χ1v) is 5.56. The van der Waals surface area contributed by atoms with Gasteiger partial charge in [0.2, 0.25) is 0 Å². The van der Waals surface area contributed by atoms with Crippen LogP contribution in [0, 0.1) is 5.92 Å². The van der Waals surface area contributed by atoms with E-state index in [1.54, 1.807) is 0 Å². The first kappa shape index (κ1) is 12.0. The predicted molar refractivity (Wildman–Crippen MR) is 57.3 cm³/mol. The molecule has 3 heteroatoms. The van der Waals surface area contributed by atoms with Crippen LogP contribution in [-0.2, 0) is 4.74 Å². The minimum absolute atomic E-state index is 0.277. The molecule has 0 aliphatic carbocycles. The highest BCUT2D eigenvalue weighted by atomic mass is 16.5. The van der Waals surface area contributed by atoms with Gasteiger partial charge in [0.25, 0.3) is 0 Å². The van der Waals surface area contributed by atoms with Gasteiger partial charge in [-0.05, 0) is 25.7 Å². The first-order chi connectivity index (χ1) is 6.52. The number of aliphatic hydroxyl groups is 1. The SMILES string of the molecule is CC(C)C(C)(O)CNC1CCCOC1. The minimum atomic E-state index is -0.614. The highest BCUT2D eigenvalue weighted by Crippen LogP contribution is 2.15. The van der Waals surface area contributed by atoms with E-state index in [-0.39, 0.29) is 5.92 Å². The fourth-order valence-electron chi connectivity index (χ4n) is 1.46. The normalized spacial score (nSPS) is 27.6. The van der Waals surface area contributed by atoms with Crippen molar-refractivity contribution in [2.24, 2.45) is 5.92 Å². The molecule has 3 nitrogen and oxygen atoms in total. The molecular weight excluding hydrogens is 178 g/mol. The first-order valence-electron chi connectivity index (χ1n) is 5.56. The molecule has 0 aromatic carbocycles. The summed E-state index contributed by atoms with van der Waals surface area (Å²) in [6, 6.07) is 0.425. The maximum atomic E-state index is 10.0. The molecule has 1 fully saturated rings. The van der Waals surface area contributed by atoms with Gasteiger partial charge in [-0.15, -0.1) is 0 Å². The molecular formula is C11H23NO2. The van der Waals surface area contributed by atoms with Crippen LogP contribution in [0.2, 0.25) is 0 Å². The number of rotatable bonds is 4. The van der Waals surface area contributed by atoms with E-state index in [2.05, 4.69) is 5.32 Å². The fraction of sp³-hybridized carbons (Fsp3) is 1.00. The van der Waals surface area contributed by atoms with Crippen LogP contribution >= 0.6 is 0 Å². The number of hydrogen-bond donors (Lipinski definition) is 2. The van der Waals surface area contributed by atoms with Gasteiger partial charge in [0.15, 0.2) is 0 Å². The van der Waals surface area contributed by atoms with Crippen LogP contribution in [0.4, 0.5) is 0 Å². The summed E-state index contributed by atoms with van der Waals surface area (Å²) in [7, 11) is 0. The van der Waals surface area contributed by atoms with E-state index in [0.29, 0.717) is 12.6 Å². The van der Waals surface area contributed by atoms with Crippen molar-refractivity contribution in [1.82, 2.24) is 5.32 Å². The molecule has 84 valence electrons. The summed E-state index contributed by atoms with van der Waals surface area (Å²) < 4.78 is 5.36. The van der Waals surface area contributed by atoms with Crippen molar-refractivity contribution < 1.29 is 9.84 Å². The molecule has 14 heavy (non-hydrogen) atoms. The third-order valence-electron chi connectivity index (χ3n) is 3.15. The fourth-order valence-corrected chi connectivity index (χ4v) is 1.46. The highest BCUT2D eigenvalue weighted by molar-refractivity contribution is 4.81. The summed E-state index contributed by atoms with van der Waals surface area (Å²) in [4.78, 5) is 0. The van der Waals surface area contributed by atoms with E-state index < -0.39 is 5.60 Å². The van der Waals surface area contributed by atoms with Gasteiger partial charge >= 0.3 is 0 Å². The third kappa shape index (κ3) is 3.56. The van der Waals surface area contributed by atoms with Gasteiger partial charge in [-0.2, -0.15) is 0 Å². The van der Waals surface area contributed by atoms with Crippen molar-refractivity contribution in [3.8, 4) is 0 Å². The van der Waals surface area contributed by atoms with Gasteiger partial charge in [0, 0.05) is 19.2 Å². The Morgan fingerprint density at radius 3 is 2.79 bits per heavy atom. The van der Waals surface area contributed by atoms with Gasteiger partial charge < -0.3 is 15.2 Å². The van der Waals surface area contributed by atoms with E-state index in [4.69, 9.17) is 4.74 Å². The standard InChI is InChI=1S/C11H23NO2/c1-9(2)11(3,13)8-12-10-5-4-6-14-7-10/h9-10,12-13H,4-8H2,1-3H3. The second-order valence-corrected chi connectivity index (χ2v) is 4.81. The van der Waals surface area contributed by atoms with Gasteiger partial charge in [-0.1, -0.05) is 13.8 Å². The molecule has 1 aliphatic heterocycles.